The Balaban J connectivity index is 0.00000137. The van der Waals surface area contributed by atoms with Crippen LogP contribution in [0.15, 0.2) is 54.8 Å². The van der Waals surface area contributed by atoms with Crippen molar-refractivity contribution in [3.05, 3.63) is 66.0 Å². The number of hydrogen-bond donors (Lipinski definition) is 0. The lowest BCUT2D eigenvalue weighted by molar-refractivity contribution is 1.25. The maximum atomic E-state index is 4.17. The summed E-state index contributed by atoms with van der Waals surface area (Å²) in [5.41, 5.74) is 3.75. The second-order valence-electron chi connectivity index (χ2n) is 3.62. The largest absolute Gasteiger partial charge is 0.248 e. The van der Waals surface area contributed by atoms with E-state index in [0.29, 0.717) is 0 Å². The summed E-state index contributed by atoms with van der Waals surface area (Å²) in [4.78, 5) is 4.17. The first kappa shape index (κ1) is 15.9. The monoisotopic (exact) mass is 239 g/mol. The van der Waals surface area contributed by atoms with Crippen molar-refractivity contribution in [2.75, 3.05) is 0 Å². The van der Waals surface area contributed by atoms with Crippen molar-refractivity contribution in [1.82, 2.24) is 4.98 Å². The van der Waals surface area contributed by atoms with Gasteiger partial charge in [0.15, 0.2) is 0 Å². The average Bonchev–Trinajstić information content (AvgIpc) is 2.36. The van der Waals surface area contributed by atoms with Crippen molar-refractivity contribution in [2.45, 2.75) is 27.7 Å². The molecule has 0 saturated heterocycles. The van der Waals surface area contributed by atoms with E-state index in [9.17, 15) is 0 Å². The maximum Gasteiger partial charge on any atom is 0.113 e. The van der Waals surface area contributed by atoms with Crippen LogP contribution in [-0.2, 0) is 0 Å². The number of rotatable bonds is 2. The summed E-state index contributed by atoms with van der Waals surface area (Å²) in [5.74, 6) is 6.01. The maximum absolute atomic E-state index is 4.17. The van der Waals surface area contributed by atoms with Crippen molar-refractivity contribution < 1.29 is 0 Å². The number of aromatic nitrogens is 1. The lowest BCUT2D eigenvalue weighted by atomic mass is 10.2. The van der Waals surface area contributed by atoms with Crippen LogP contribution < -0.4 is 0 Å². The SMILES string of the molecule is C=C/C(C#Cc1cc(C)ccn1)=C\C(=C)C.CC. The molecule has 0 radical (unpaired) electrons. The lowest BCUT2D eigenvalue weighted by Gasteiger charge is -1.92. The molecule has 0 aliphatic heterocycles. The predicted octanol–water partition coefficient (Wildman–Crippen LogP) is 4.46. The zero-order valence-electron chi connectivity index (χ0n) is 11.7. The third kappa shape index (κ3) is 6.50. The Morgan fingerprint density at radius 1 is 1.39 bits per heavy atom. The quantitative estimate of drug-likeness (QED) is 0.548. The molecular formula is C17H21N. The Morgan fingerprint density at radius 2 is 2.06 bits per heavy atom. The van der Waals surface area contributed by atoms with Gasteiger partial charge in [-0.2, -0.15) is 0 Å². The molecule has 0 amide bonds. The van der Waals surface area contributed by atoms with Gasteiger partial charge < -0.3 is 0 Å². The summed E-state index contributed by atoms with van der Waals surface area (Å²) in [6.45, 7) is 15.5. The summed E-state index contributed by atoms with van der Waals surface area (Å²) in [6.07, 6.45) is 5.38. The van der Waals surface area contributed by atoms with E-state index in [-0.39, 0.29) is 0 Å². The summed E-state index contributed by atoms with van der Waals surface area (Å²) in [7, 11) is 0. The fourth-order valence-corrected chi connectivity index (χ4v) is 1.15. The Labute approximate surface area is 111 Å². The van der Waals surface area contributed by atoms with E-state index in [1.165, 1.54) is 0 Å². The second kappa shape index (κ2) is 9.01. The average molecular weight is 239 g/mol. The molecule has 1 heterocycles. The van der Waals surface area contributed by atoms with Gasteiger partial charge >= 0.3 is 0 Å². The Hall–Kier alpha value is -2.07. The molecule has 0 fully saturated rings. The molecule has 1 rings (SSSR count). The molecule has 0 N–H and O–H groups in total. The topological polar surface area (TPSA) is 12.9 Å². The lowest BCUT2D eigenvalue weighted by Crippen LogP contribution is -1.83. The van der Waals surface area contributed by atoms with E-state index in [0.717, 1.165) is 22.4 Å². The minimum Gasteiger partial charge on any atom is -0.248 e. The molecule has 0 saturated carbocycles. The first-order chi connectivity index (χ1) is 8.61. The summed E-state index contributed by atoms with van der Waals surface area (Å²) >= 11 is 0. The Bertz CT molecular complexity index is 496. The van der Waals surface area contributed by atoms with Gasteiger partial charge in [0, 0.05) is 11.8 Å². The van der Waals surface area contributed by atoms with Gasteiger partial charge in [0.25, 0.3) is 0 Å². The molecule has 94 valence electrons. The van der Waals surface area contributed by atoms with Crippen LogP contribution in [0.2, 0.25) is 0 Å². The number of allylic oxidation sites excluding steroid dienone is 4. The minimum absolute atomic E-state index is 0.773. The van der Waals surface area contributed by atoms with Crippen LogP contribution in [0.25, 0.3) is 0 Å². The van der Waals surface area contributed by atoms with E-state index < -0.39 is 0 Å². The first-order valence-electron chi connectivity index (χ1n) is 6.06. The standard InChI is InChI=1S/C15H15N.C2H6/c1-5-14(10-12(2)3)6-7-15-11-13(4)8-9-16-15;1-2/h5,8-11H,1-2H2,3-4H3;1-2H3/b14-10+;. The molecule has 1 nitrogen and oxygen atoms in total. The molecule has 0 aliphatic carbocycles. The van der Waals surface area contributed by atoms with Gasteiger partial charge in [-0.15, -0.1) is 0 Å². The van der Waals surface area contributed by atoms with E-state index in [1.807, 2.05) is 45.9 Å². The number of nitrogens with zero attached hydrogens (tertiary/aromatic N) is 1. The molecule has 1 aromatic rings. The number of aryl methyl sites for hydroxylation is 1. The molecule has 0 atom stereocenters. The Kier molecular flexibility index (Phi) is 7.98. The fourth-order valence-electron chi connectivity index (χ4n) is 1.15. The van der Waals surface area contributed by atoms with Gasteiger partial charge in [0.2, 0.25) is 0 Å². The molecule has 18 heavy (non-hydrogen) atoms. The van der Waals surface area contributed by atoms with Gasteiger partial charge in [0.1, 0.15) is 5.69 Å². The van der Waals surface area contributed by atoms with Crippen molar-refractivity contribution >= 4 is 0 Å². The number of hydrogen-bond acceptors (Lipinski definition) is 1. The molecule has 1 heteroatoms. The highest BCUT2D eigenvalue weighted by atomic mass is 14.6. The van der Waals surface area contributed by atoms with E-state index >= 15 is 0 Å². The van der Waals surface area contributed by atoms with E-state index in [4.69, 9.17) is 0 Å². The van der Waals surface area contributed by atoms with Crippen LogP contribution in [0.3, 0.4) is 0 Å². The van der Waals surface area contributed by atoms with Crippen molar-refractivity contribution in [1.29, 1.82) is 0 Å². The normalized spacial score (nSPS) is 9.44. The predicted molar refractivity (Wildman–Crippen MR) is 80.3 cm³/mol. The Morgan fingerprint density at radius 3 is 2.56 bits per heavy atom. The van der Waals surface area contributed by atoms with Crippen molar-refractivity contribution in [2.24, 2.45) is 0 Å². The van der Waals surface area contributed by atoms with Crippen LogP contribution >= 0.6 is 0 Å². The van der Waals surface area contributed by atoms with Crippen LogP contribution in [0.4, 0.5) is 0 Å². The van der Waals surface area contributed by atoms with Crippen LogP contribution in [0.5, 0.6) is 0 Å². The van der Waals surface area contributed by atoms with E-state index in [2.05, 4.69) is 30.0 Å². The van der Waals surface area contributed by atoms with E-state index in [1.54, 1.807) is 12.3 Å². The van der Waals surface area contributed by atoms with Crippen LogP contribution in [0, 0.1) is 18.8 Å². The molecule has 1 aromatic heterocycles. The van der Waals surface area contributed by atoms with Crippen molar-refractivity contribution in [3.63, 3.8) is 0 Å². The minimum atomic E-state index is 0.773. The fraction of sp³-hybridized carbons (Fsp3) is 0.235. The van der Waals surface area contributed by atoms with Gasteiger partial charge in [0.05, 0.1) is 0 Å². The third-order valence-electron chi connectivity index (χ3n) is 1.87. The highest BCUT2D eigenvalue weighted by Gasteiger charge is 1.89. The summed E-state index contributed by atoms with van der Waals surface area (Å²) in [6, 6.07) is 3.90. The van der Waals surface area contributed by atoms with Crippen LogP contribution in [-0.4, -0.2) is 4.98 Å². The second-order valence-corrected chi connectivity index (χ2v) is 3.62. The third-order valence-corrected chi connectivity index (χ3v) is 1.87. The highest BCUT2D eigenvalue weighted by molar-refractivity contribution is 5.45. The van der Waals surface area contributed by atoms with Gasteiger partial charge in [-0.1, -0.05) is 44.6 Å². The molecule has 0 aliphatic rings. The smallest absolute Gasteiger partial charge is 0.113 e. The molecular weight excluding hydrogens is 218 g/mol. The molecule has 0 unspecified atom stereocenters. The van der Waals surface area contributed by atoms with Gasteiger partial charge in [-0.3, -0.25) is 0 Å². The molecule has 0 bridgehead atoms. The van der Waals surface area contributed by atoms with Gasteiger partial charge in [-0.05, 0) is 43.5 Å². The van der Waals surface area contributed by atoms with Gasteiger partial charge in [-0.25, -0.2) is 4.98 Å². The first-order valence-corrected chi connectivity index (χ1v) is 6.06. The summed E-state index contributed by atoms with van der Waals surface area (Å²) < 4.78 is 0. The zero-order valence-corrected chi connectivity index (χ0v) is 11.7. The highest BCUT2D eigenvalue weighted by Crippen LogP contribution is 2.02. The molecule has 0 spiro atoms. The zero-order chi connectivity index (χ0) is 14.0. The molecule has 0 aromatic carbocycles. The van der Waals surface area contributed by atoms with Crippen molar-refractivity contribution in [3.8, 4) is 11.8 Å². The van der Waals surface area contributed by atoms with Crippen LogP contribution in [0.1, 0.15) is 32.0 Å². The summed E-state index contributed by atoms with van der Waals surface area (Å²) in [5, 5.41) is 0. The number of pyridine rings is 1.